The summed E-state index contributed by atoms with van der Waals surface area (Å²) in [5, 5.41) is 2.92. The Kier molecular flexibility index (Phi) is 6.28. The van der Waals surface area contributed by atoms with Gasteiger partial charge in [0.05, 0.1) is 23.5 Å². The summed E-state index contributed by atoms with van der Waals surface area (Å²) >= 11 is 0. The molecule has 0 bridgehead atoms. The number of nitrogens with zero attached hydrogens (tertiary/aromatic N) is 3. The average Bonchev–Trinajstić information content (AvgIpc) is 3.38. The summed E-state index contributed by atoms with van der Waals surface area (Å²) in [6.07, 6.45) is -2.59. The molecule has 0 saturated carbocycles. The summed E-state index contributed by atoms with van der Waals surface area (Å²) in [7, 11) is 1.56. The van der Waals surface area contributed by atoms with Gasteiger partial charge in [0, 0.05) is 57.3 Å². The van der Waals surface area contributed by atoms with Gasteiger partial charge in [-0.25, -0.2) is 0 Å². The number of pyridine rings is 1. The third kappa shape index (κ3) is 4.48. The first kappa shape index (κ1) is 24.7. The van der Waals surface area contributed by atoms with Crippen LogP contribution in [0.5, 0.6) is 0 Å². The minimum absolute atomic E-state index is 0.00584. The molecular weight excluding hydrogens is 473 g/mol. The molecule has 0 radical (unpaired) electrons. The molecule has 2 amide bonds. The van der Waals surface area contributed by atoms with Gasteiger partial charge in [-0.3, -0.25) is 19.5 Å². The van der Waals surface area contributed by atoms with Gasteiger partial charge in [0.25, 0.3) is 0 Å². The number of hydrogen-bond donors (Lipinski definition) is 1. The van der Waals surface area contributed by atoms with Crippen LogP contribution in [0.3, 0.4) is 0 Å². The molecule has 2 aromatic rings. The van der Waals surface area contributed by atoms with Gasteiger partial charge in [0.15, 0.2) is 0 Å². The zero-order chi connectivity index (χ0) is 25.7. The highest BCUT2D eigenvalue weighted by atomic mass is 19.4. The van der Waals surface area contributed by atoms with E-state index in [1.54, 1.807) is 12.0 Å². The van der Waals surface area contributed by atoms with Crippen LogP contribution in [-0.4, -0.2) is 59.9 Å². The van der Waals surface area contributed by atoms with Gasteiger partial charge in [0.1, 0.15) is 0 Å². The number of aromatic nitrogens is 1. The summed E-state index contributed by atoms with van der Waals surface area (Å²) < 4.78 is 45.0. The van der Waals surface area contributed by atoms with Gasteiger partial charge < -0.3 is 15.0 Å². The van der Waals surface area contributed by atoms with E-state index in [-0.39, 0.29) is 30.9 Å². The Morgan fingerprint density at radius 3 is 2.83 bits per heavy atom. The number of carbonyl (C=O) groups excluding carboxylic acids is 2. The molecule has 3 aliphatic rings. The summed E-state index contributed by atoms with van der Waals surface area (Å²) in [5.74, 6) is -0.261. The number of rotatable bonds is 5. The Morgan fingerprint density at radius 1 is 1.28 bits per heavy atom. The molecule has 0 aliphatic carbocycles. The topological polar surface area (TPSA) is 74.8 Å². The fourth-order valence-electron chi connectivity index (χ4n) is 5.64. The molecule has 1 aromatic carbocycles. The first-order valence-corrected chi connectivity index (χ1v) is 12.1. The number of hydrogen-bond acceptors (Lipinski definition) is 5. The van der Waals surface area contributed by atoms with Crippen molar-refractivity contribution in [2.75, 3.05) is 38.7 Å². The van der Waals surface area contributed by atoms with Gasteiger partial charge in [-0.15, -0.1) is 0 Å². The molecule has 1 N–H and O–H groups in total. The predicted octanol–water partition coefficient (Wildman–Crippen LogP) is 3.58. The fourth-order valence-corrected chi connectivity index (χ4v) is 5.64. The molecule has 4 heterocycles. The van der Waals surface area contributed by atoms with Crippen molar-refractivity contribution in [2.24, 2.45) is 5.41 Å². The maximum Gasteiger partial charge on any atom is 0.417 e. The highest BCUT2D eigenvalue weighted by Gasteiger charge is 2.47. The summed E-state index contributed by atoms with van der Waals surface area (Å²) in [6, 6.07) is 7.09. The molecule has 7 nitrogen and oxygen atoms in total. The number of anilines is 1. The molecule has 192 valence electrons. The van der Waals surface area contributed by atoms with E-state index in [0.29, 0.717) is 50.3 Å². The second-order valence-electron chi connectivity index (χ2n) is 10.1. The maximum absolute atomic E-state index is 13.8. The van der Waals surface area contributed by atoms with Crippen LogP contribution in [0.25, 0.3) is 0 Å². The summed E-state index contributed by atoms with van der Waals surface area (Å²) in [6.45, 7) is 4.45. The van der Waals surface area contributed by atoms with E-state index in [2.05, 4.69) is 15.2 Å². The normalized spacial score (nSPS) is 24.0. The van der Waals surface area contributed by atoms with Crippen LogP contribution >= 0.6 is 0 Å². The molecule has 0 spiro atoms. The van der Waals surface area contributed by atoms with Crippen molar-refractivity contribution in [3.05, 3.63) is 58.4 Å². The van der Waals surface area contributed by atoms with E-state index in [4.69, 9.17) is 4.74 Å². The lowest BCUT2D eigenvalue weighted by molar-refractivity contribution is -0.145. The highest BCUT2D eigenvalue weighted by Crippen LogP contribution is 2.38. The van der Waals surface area contributed by atoms with Crippen molar-refractivity contribution in [1.29, 1.82) is 0 Å². The highest BCUT2D eigenvalue weighted by molar-refractivity contribution is 6.02. The standard InChI is InChI=1S/C26H29F3N4O3/c1-16-20-4-3-17(9-22(20)31-23(16)34)12-32-8-6-25(14-32,15-36-2)24(35)33-7-5-21-18(13-33)10-19(11-30-21)26(27,28)29/h3-4,9-11,16H,5-8,12-15H2,1-2H3,(H,31,34)/t16-,25?/m0/s1. The van der Waals surface area contributed by atoms with Crippen LogP contribution in [0.1, 0.15) is 47.2 Å². The summed E-state index contributed by atoms with van der Waals surface area (Å²) in [4.78, 5) is 33.6. The number of nitrogens with one attached hydrogen (secondary N) is 1. The van der Waals surface area contributed by atoms with Crippen LogP contribution in [0, 0.1) is 5.41 Å². The molecule has 36 heavy (non-hydrogen) atoms. The number of benzene rings is 1. The van der Waals surface area contributed by atoms with Gasteiger partial charge in [-0.05, 0) is 48.7 Å². The monoisotopic (exact) mass is 502 g/mol. The molecule has 1 unspecified atom stereocenters. The minimum atomic E-state index is -4.48. The Morgan fingerprint density at radius 2 is 2.08 bits per heavy atom. The average molecular weight is 503 g/mol. The van der Waals surface area contributed by atoms with Crippen molar-refractivity contribution in [1.82, 2.24) is 14.8 Å². The van der Waals surface area contributed by atoms with Crippen molar-refractivity contribution < 1.29 is 27.5 Å². The SMILES string of the molecule is COCC1(C(=O)N2CCc3ncc(C(F)(F)F)cc3C2)CCN(Cc2ccc3c(c2)NC(=O)[C@H]3C)C1. The number of alkyl halides is 3. The third-order valence-electron chi connectivity index (χ3n) is 7.60. The first-order chi connectivity index (χ1) is 17.1. The van der Waals surface area contributed by atoms with E-state index in [0.717, 1.165) is 29.1 Å². The van der Waals surface area contributed by atoms with Crippen LogP contribution in [0.15, 0.2) is 30.5 Å². The number of fused-ring (bicyclic) bond motifs is 2. The van der Waals surface area contributed by atoms with Crippen LogP contribution < -0.4 is 5.32 Å². The molecule has 1 saturated heterocycles. The minimum Gasteiger partial charge on any atom is -0.384 e. The molecule has 5 rings (SSSR count). The predicted molar refractivity (Wildman–Crippen MR) is 126 cm³/mol. The van der Waals surface area contributed by atoms with Crippen LogP contribution in [-0.2, 0) is 40.0 Å². The molecule has 10 heteroatoms. The van der Waals surface area contributed by atoms with Crippen molar-refractivity contribution >= 4 is 17.5 Å². The molecule has 1 fully saturated rings. The number of ether oxygens (including phenoxy) is 1. The van der Waals surface area contributed by atoms with Gasteiger partial charge in [-0.2, -0.15) is 13.2 Å². The van der Waals surface area contributed by atoms with Gasteiger partial charge in [-0.1, -0.05) is 12.1 Å². The lowest BCUT2D eigenvalue weighted by Gasteiger charge is -2.36. The Labute approximate surface area is 207 Å². The number of carbonyl (C=O) groups is 2. The Balaban J connectivity index is 1.30. The lowest BCUT2D eigenvalue weighted by Crippen LogP contribution is -2.49. The molecule has 2 atom stereocenters. The van der Waals surface area contributed by atoms with Gasteiger partial charge >= 0.3 is 6.18 Å². The first-order valence-electron chi connectivity index (χ1n) is 12.1. The number of amides is 2. The zero-order valence-corrected chi connectivity index (χ0v) is 20.3. The number of methoxy groups -OCH3 is 1. The maximum atomic E-state index is 13.8. The smallest absolute Gasteiger partial charge is 0.384 e. The number of halogens is 3. The van der Waals surface area contributed by atoms with E-state index < -0.39 is 17.2 Å². The fraction of sp³-hybridized carbons (Fsp3) is 0.500. The zero-order valence-electron chi connectivity index (χ0n) is 20.3. The molecule has 3 aliphatic heterocycles. The van der Waals surface area contributed by atoms with E-state index >= 15 is 0 Å². The second kappa shape index (κ2) is 9.15. The van der Waals surface area contributed by atoms with E-state index in [1.165, 1.54) is 0 Å². The van der Waals surface area contributed by atoms with E-state index in [9.17, 15) is 22.8 Å². The van der Waals surface area contributed by atoms with E-state index in [1.807, 2.05) is 25.1 Å². The Bertz CT molecular complexity index is 1200. The van der Waals surface area contributed by atoms with Crippen molar-refractivity contribution in [3.63, 3.8) is 0 Å². The Hall–Kier alpha value is -2.98. The largest absolute Gasteiger partial charge is 0.417 e. The molecular formula is C26H29F3N4O3. The number of likely N-dealkylation sites (tertiary alicyclic amines) is 1. The van der Waals surface area contributed by atoms with Crippen molar-refractivity contribution in [2.45, 2.75) is 44.9 Å². The summed E-state index contributed by atoms with van der Waals surface area (Å²) in [5.41, 5.74) is 2.36. The van der Waals surface area contributed by atoms with Crippen molar-refractivity contribution in [3.8, 4) is 0 Å². The lowest BCUT2D eigenvalue weighted by atomic mass is 9.85. The second-order valence-corrected chi connectivity index (χ2v) is 10.1. The van der Waals surface area contributed by atoms with Crippen LogP contribution in [0.4, 0.5) is 18.9 Å². The quantitative estimate of drug-likeness (QED) is 0.677. The molecule has 1 aromatic heterocycles. The third-order valence-corrected chi connectivity index (χ3v) is 7.60. The van der Waals surface area contributed by atoms with Crippen LogP contribution in [0.2, 0.25) is 0 Å². The van der Waals surface area contributed by atoms with Gasteiger partial charge in [0.2, 0.25) is 11.8 Å².